The fourth-order valence-electron chi connectivity index (χ4n) is 12.4. The van der Waals surface area contributed by atoms with Crippen molar-refractivity contribution in [1.82, 2.24) is 4.90 Å². The molecule has 7 aliphatic rings. The zero-order chi connectivity index (χ0) is 31.4. The Bertz CT molecular complexity index is 1170. The van der Waals surface area contributed by atoms with Crippen LogP contribution in [0.25, 0.3) is 0 Å². The molecule has 7 rings (SSSR count). The van der Waals surface area contributed by atoms with Crippen molar-refractivity contribution in [2.24, 2.45) is 45.3 Å². The summed E-state index contributed by atoms with van der Waals surface area (Å²) >= 11 is 0. The molecule has 256 valence electrons. The van der Waals surface area contributed by atoms with E-state index in [4.69, 9.17) is 18.9 Å². The molecule has 1 amide bonds. The molecule has 5 saturated carbocycles. The fraction of sp³-hybridized carbons (Fsp3) is 0.919. The maximum absolute atomic E-state index is 12.8. The number of carbonyl (C=O) groups excluding carboxylic acids is 1. The van der Waals surface area contributed by atoms with Crippen molar-refractivity contribution in [3.05, 3.63) is 12.2 Å². The molecule has 5 aliphatic carbocycles. The Kier molecular flexibility index (Phi) is 8.62. The standard InChI is InChI=1S/C37H59NO6.H2S/c1-22(2)31(39)26-11-9-24-27(42-26)19-25-23-10-12-28-34(6,7)29(13-14-37(28)21-36(23,37)16-15-35(24,25)8)43-30-20-38(17-18-41-30)32(40)44-33(3,4)5;/h23-31,39H,1,9-21H2,2-8H3;1H2/t23?,24?,25?,26?,27?,28?,29-,30?,31+,35+,36-,37+;/m0./s1. The second-order valence-electron chi connectivity index (χ2n) is 18.0. The molecule has 8 heteroatoms. The molecule has 2 aliphatic heterocycles. The van der Waals surface area contributed by atoms with Gasteiger partial charge in [-0.25, -0.2) is 4.79 Å². The van der Waals surface area contributed by atoms with Gasteiger partial charge in [-0.05, 0) is 143 Å². The first kappa shape index (κ1) is 34.1. The van der Waals surface area contributed by atoms with Crippen LogP contribution in [0, 0.1) is 45.3 Å². The Balaban J connectivity index is 0.00000357. The number of hydrogen-bond donors (Lipinski definition) is 1. The SMILES string of the molecule is C=C(C)[C@@H](O)C1CCC2C(CC3C4CCC5C(C)(C)[C@@H](OC6CN(C(=O)OC(C)(C)C)CCO6)CC[C@@]56C[C@@]46CC[C@]23C)O1.S. The van der Waals surface area contributed by atoms with Crippen LogP contribution in [0.2, 0.25) is 0 Å². The molecule has 12 atom stereocenters. The molecular formula is C37H61NO6S. The fourth-order valence-corrected chi connectivity index (χ4v) is 12.4. The first-order valence-electron chi connectivity index (χ1n) is 17.9. The summed E-state index contributed by atoms with van der Waals surface area (Å²) in [4.78, 5) is 14.5. The van der Waals surface area contributed by atoms with Crippen LogP contribution in [0.5, 0.6) is 0 Å². The Labute approximate surface area is 279 Å². The van der Waals surface area contributed by atoms with E-state index in [1.807, 2.05) is 27.7 Å². The topological polar surface area (TPSA) is 77.5 Å². The molecular weight excluding hydrogens is 586 g/mol. The molecule has 2 spiro atoms. The van der Waals surface area contributed by atoms with Crippen LogP contribution in [0.1, 0.15) is 113 Å². The summed E-state index contributed by atoms with van der Waals surface area (Å²) in [7, 11) is 0. The van der Waals surface area contributed by atoms with Gasteiger partial charge in [0, 0.05) is 6.54 Å². The maximum atomic E-state index is 12.8. The Morgan fingerprint density at radius 2 is 1.73 bits per heavy atom. The third kappa shape index (κ3) is 5.25. The monoisotopic (exact) mass is 647 g/mol. The molecule has 45 heavy (non-hydrogen) atoms. The Morgan fingerprint density at radius 1 is 1.00 bits per heavy atom. The highest BCUT2D eigenvalue weighted by atomic mass is 32.1. The van der Waals surface area contributed by atoms with Crippen molar-refractivity contribution in [2.45, 2.75) is 149 Å². The van der Waals surface area contributed by atoms with Crippen LogP contribution in [0.4, 0.5) is 4.79 Å². The van der Waals surface area contributed by atoms with Crippen molar-refractivity contribution in [2.75, 3.05) is 19.7 Å². The smallest absolute Gasteiger partial charge is 0.410 e. The van der Waals surface area contributed by atoms with Crippen LogP contribution >= 0.6 is 13.5 Å². The van der Waals surface area contributed by atoms with Crippen LogP contribution in [0.3, 0.4) is 0 Å². The Hall–Kier alpha value is -0.800. The van der Waals surface area contributed by atoms with Gasteiger partial charge in [0.25, 0.3) is 0 Å². The lowest BCUT2D eigenvalue weighted by atomic mass is 9.46. The number of aliphatic hydroxyl groups is 1. The quantitative estimate of drug-likeness (QED) is 0.325. The number of fused-ring (bicyclic) bond motifs is 4. The van der Waals surface area contributed by atoms with Gasteiger partial charge in [-0.2, -0.15) is 13.5 Å². The van der Waals surface area contributed by atoms with Crippen molar-refractivity contribution < 1.29 is 28.8 Å². The van der Waals surface area contributed by atoms with E-state index >= 15 is 0 Å². The lowest BCUT2D eigenvalue weighted by molar-refractivity contribution is -0.243. The second kappa shape index (κ2) is 11.4. The number of ether oxygens (including phenoxy) is 4. The maximum Gasteiger partial charge on any atom is 0.410 e. The summed E-state index contributed by atoms with van der Waals surface area (Å²) in [5, 5.41) is 10.7. The van der Waals surface area contributed by atoms with Gasteiger partial charge in [-0.3, -0.25) is 0 Å². The molecule has 0 bridgehead atoms. The van der Waals surface area contributed by atoms with E-state index in [0.29, 0.717) is 47.8 Å². The first-order valence-corrected chi connectivity index (χ1v) is 17.9. The number of aliphatic hydroxyl groups excluding tert-OH is 1. The molecule has 1 N–H and O–H groups in total. The van der Waals surface area contributed by atoms with E-state index in [1.165, 1.54) is 51.4 Å². The molecule has 7 unspecified atom stereocenters. The van der Waals surface area contributed by atoms with Crippen molar-refractivity contribution >= 4 is 19.6 Å². The minimum absolute atomic E-state index is 0. The average Bonchev–Trinajstić information content (AvgIpc) is 3.53. The number of rotatable bonds is 4. The first-order chi connectivity index (χ1) is 20.6. The van der Waals surface area contributed by atoms with Gasteiger partial charge >= 0.3 is 6.09 Å². The van der Waals surface area contributed by atoms with E-state index in [2.05, 4.69) is 27.4 Å². The van der Waals surface area contributed by atoms with Crippen molar-refractivity contribution in [3.63, 3.8) is 0 Å². The minimum Gasteiger partial charge on any atom is -0.444 e. The van der Waals surface area contributed by atoms with Gasteiger partial charge in [-0.1, -0.05) is 27.4 Å². The highest BCUT2D eigenvalue weighted by molar-refractivity contribution is 7.59. The molecule has 2 heterocycles. The molecule has 0 aromatic heterocycles. The van der Waals surface area contributed by atoms with E-state index in [0.717, 1.165) is 30.3 Å². The molecule has 0 aromatic carbocycles. The summed E-state index contributed by atoms with van der Waals surface area (Å²) in [6.07, 6.45) is 11.5. The lowest BCUT2D eigenvalue weighted by Crippen LogP contribution is -2.56. The van der Waals surface area contributed by atoms with E-state index in [1.54, 1.807) is 4.90 Å². The highest BCUT2D eigenvalue weighted by Crippen LogP contribution is 2.87. The zero-order valence-corrected chi connectivity index (χ0v) is 30.0. The largest absolute Gasteiger partial charge is 0.444 e. The number of carbonyl (C=O) groups is 1. The summed E-state index contributed by atoms with van der Waals surface area (Å²) < 4.78 is 25.2. The second-order valence-corrected chi connectivity index (χ2v) is 18.0. The number of morpholine rings is 1. The normalized spacial score (nSPS) is 47.1. The summed E-state index contributed by atoms with van der Waals surface area (Å²) in [6, 6.07) is 0. The van der Waals surface area contributed by atoms with Gasteiger partial charge in [-0.15, -0.1) is 0 Å². The van der Waals surface area contributed by atoms with Crippen LogP contribution < -0.4 is 0 Å². The molecule has 0 radical (unpaired) electrons. The zero-order valence-electron chi connectivity index (χ0n) is 29.0. The average molecular weight is 648 g/mol. The Morgan fingerprint density at radius 3 is 2.44 bits per heavy atom. The van der Waals surface area contributed by atoms with Gasteiger partial charge in [0.05, 0.1) is 31.5 Å². The van der Waals surface area contributed by atoms with Gasteiger partial charge in [0.15, 0.2) is 6.29 Å². The van der Waals surface area contributed by atoms with Crippen molar-refractivity contribution in [1.29, 1.82) is 0 Å². The lowest BCUT2D eigenvalue weighted by Gasteiger charge is -2.60. The summed E-state index contributed by atoms with van der Waals surface area (Å²) in [5.41, 5.74) is 1.67. The molecule has 2 saturated heterocycles. The molecule has 7 fully saturated rings. The van der Waals surface area contributed by atoms with Gasteiger partial charge in [0.2, 0.25) is 0 Å². The highest BCUT2D eigenvalue weighted by Gasteiger charge is 2.80. The number of nitrogens with zero attached hydrogens (tertiary/aromatic N) is 1. The van der Waals surface area contributed by atoms with Gasteiger partial charge < -0.3 is 29.0 Å². The third-order valence-corrected chi connectivity index (χ3v) is 14.4. The van der Waals surface area contributed by atoms with E-state index in [9.17, 15) is 9.90 Å². The van der Waals surface area contributed by atoms with Gasteiger partial charge in [0.1, 0.15) is 11.7 Å². The molecule has 7 nitrogen and oxygen atoms in total. The van der Waals surface area contributed by atoms with Crippen molar-refractivity contribution in [3.8, 4) is 0 Å². The number of amides is 1. The predicted octanol–water partition coefficient (Wildman–Crippen LogP) is 7.22. The number of hydrogen-bond acceptors (Lipinski definition) is 6. The van der Waals surface area contributed by atoms with Crippen LogP contribution in [0.15, 0.2) is 12.2 Å². The van der Waals surface area contributed by atoms with E-state index < -0.39 is 18.0 Å². The van der Waals surface area contributed by atoms with Crippen LogP contribution in [-0.4, -0.2) is 72.1 Å². The molecule has 0 aromatic rings. The predicted molar refractivity (Wildman–Crippen MR) is 179 cm³/mol. The summed E-state index contributed by atoms with van der Waals surface area (Å²) in [6.45, 7) is 20.6. The van der Waals surface area contributed by atoms with E-state index in [-0.39, 0.29) is 43.3 Å². The van der Waals surface area contributed by atoms with Crippen LogP contribution in [-0.2, 0) is 18.9 Å². The minimum atomic E-state index is -0.543. The summed E-state index contributed by atoms with van der Waals surface area (Å²) in [5.74, 6) is 2.82. The third-order valence-electron chi connectivity index (χ3n) is 14.4.